The Hall–Kier alpha value is -2.49. The Morgan fingerprint density at radius 2 is 2.14 bits per heavy atom. The number of anilines is 2. The summed E-state index contributed by atoms with van der Waals surface area (Å²) >= 11 is 0. The molecule has 22 heavy (non-hydrogen) atoms. The summed E-state index contributed by atoms with van der Waals surface area (Å²) in [7, 11) is 3.93. The van der Waals surface area contributed by atoms with Gasteiger partial charge in [0.25, 0.3) is 5.91 Å². The van der Waals surface area contributed by atoms with Crippen molar-refractivity contribution in [1.82, 2.24) is 4.90 Å². The Kier molecular flexibility index (Phi) is 5.04. The molecule has 0 unspecified atom stereocenters. The van der Waals surface area contributed by atoms with E-state index < -0.39 is 0 Å². The summed E-state index contributed by atoms with van der Waals surface area (Å²) in [4.78, 5) is 14.3. The molecule has 0 radical (unpaired) electrons. The number of rotatable bonds is 5. The van der Waals surface area contributed by atoms with Crippen LogP contribution in [0.3, 0.4) is 0 Å². The molecule has 2 rings (SSSR count). The summed E-state index contributed by atoms with van der Waals surface area (Å²) < 4.78 is 0. The van der Waals surface area contributed by atoms with Crippen molar-refractivity contribution < 1.29 is 4.79 Å². The van der Waals surface area contributed by atoms with Crippen LogP contribution in [0.4, 0.5) is 11.4 Å². The summed E-state index contributed by atoms with van der Waals surface area (Å²) in [6.07, 6.45) is 6.29. The minimum absolute atomic E-state index is 0.157. The third kappa shape index (κ3) is 3.79. The molecule has 1 aromatic carbocycles. The number of amides is 1. The average Bonchev–Trinajstić information content (AvgIpc) is 2.95. The van der Waals surface area contributed by atoms with E-state index in [1.807, 2.05) is 44.1 Å². The zero-order valence-corrected chi connectivity index (χ0v) is 13.4. The fourth-order valence-electron chi connectivity index (χ4n) is 2.17. The first kappa shape index (κ1) is 15.9. The van der Waals surface area contributed by atoms with Crippen LogP contribution in [-0.2, 0) is 11.2 Å². The van der Waals surface area contributed by atoms with Gasteiger partial charge in [-0.15, -0.1) is 0 Å². The number of hydrogen-bond acceptors (Lipinski definition) is 3. The first-order chi connectivity index (χ1) is 10.5. The molecule has 2 N–H and O–H groups in total. The molecule has 4 nitrogen and oxygen atoms in total. The van der Waals surface area contributed by atoms with E-state index in [-0.39, 0.29) is 5.91 Å². The average molecular weight is 297 g/mol. The topological polar surface area (TPSA) is 44.4 Å². The fourth-order valence-corrected chi connectivity index (χ4v) is 2.17. The van der Waals surface area contributed by atoms with Crippen molar-refractivity contribution in [3.8, 4) is 0 Å². The molecule has 116 valence electrons. The molecule has 0 atom stereocenters. The van der Waals surface area contributed by atoms with Crippen molar-refractivity contribution in [2.75, 3.05) is 31.3 Å². The Labute approximate surface area is 132 Å². The maximum Gasteiger partial charge on any atom is 0.255 e. The highest BCUT2D eigenvalue weighted by Gasteiger charge is 2.12. The Morgan fingerprint density at radius 1 is 1.36 bits per heavy atom. The minimum Gasteiger partial charge on any atom is -0.384 e. The minimum atomic E-state index is -0.157. The van der Waals surface area contributed by atoms with Gasteiger partial charge in [0, 0.05) is 43.3 Å². The van der Waals surface area contributed by atoms with Crippen LogP contribution < -0.4 is 10.6 Å². The van der Waals surface area contributed by atoms with E-state index in [0.29, 0.717) is 5.57 Å². The molecule has 0 aliphatic carbocycles. The SMILES string of the molecule is C=C/C(=C\C=C(/C)N(C)C)C(=O)Nc1ccc2c(c1)NCC2. The lowest BCUT2D eigenvalue weighted by atomic mass is 10.1. The van der Waals surface area contributed by atoms with Gasteiger partial charge < -0.3 is 15.5 Å². The van der Waals surface area contributed by atoms with Gasteiger partial charge >= 0.3 is 0 Å². The van der Waals surface area contributed by atoms with Crippen LogP contribution >= 0.6 is 0 Å². The second kappa shape index (κ2) is 6.98. The molecule has 1 aliphatic heterocycles. The van der Waals surface area contributed by atoms with Crippen LogP contribution in [0.25, 0.3) is 0 Å². The highest BCUT2D eigenvalue weighted by atomic mass is 16.1. The molecule has 1 aromatic rings. The Bertz CT molecular complexity index is 642. The summed E-state index contributed by atoms with van der Waals surface area (Å²) in [6.45, 7) is 6.66. The van der Waals surface area contributed by atoms with E-state index in [4.69, 9.17) is 0 Å². The van der Waals surface area contributed by atoms with Crippen molar-refractivity contribution in [2.45, 2.75) is 13.3 Å². The number of allylic oxidation sites excluding steroid dienone is 3. The molecule has 1 aliphatic rings. The van der Waals surface area contributed by atoms with Gasteiger partial charge in [0.1, 0.15) is 0 Å². The smallest absolute Gasteiger partial charge is 0.255 e. The molecule has 0 spiro atoms. The monoisotopic (exact) mass is 297 g/mol. The Balaban J connectivity index is 2.11. The first-order valence-electron chi connectivity index (χ1n) is 7.37. The van der Waals surface area contributed by atoms with Crippen molar-refractivity contribution in [3.63, 3.8) is 0 Å². The van der Waals surface area contributed by atoms with Crippen LogP contribution in [0.5, 0.6) is 0 Å². The summed E-state index contributed by atoms with van der Waals surface area (Å²) in [6, 6.07) is 5.96. The predicted octanol–water partition coefficient (Wildman–Crippen LogP) is 3.17. The van der Waals surface area contributed by atoms with Crippen LogP contribution in [0.15, 0.2) is 54.3 Å². The molecule has 0 bridgehead atoms. The molecule has 0 aromatic heterocycles. The maximum atomic E-state index is 12.3. The number of fused-ring (bicyclic) bond motifs is 1. The second-order valence-corrected chi connectivity index (χ2v) is 5.53. The molecule has 1 amide bonds. The van der Waals surface area contributed by atoms with Gasteiger partial charge in [-0.3, -0.25) is 4.79 Å². The number of nitrogens with zero attached hydrogens (tertiary/aromatic N) is 1. The third-order valence-electron chi connectivity index (χ3n) is 3.77. The van der Waals surface area contributed by atoms with Gasteiger partial charge in [-0.2, -0.15) is 0 Å². The molecular formula is C18H23N3O. The van der Waals surface area contributed by atoms with Gasteiger partial charge in [0.15, 0.2) is 0 Å². The van der Waals surface area contributed by atoms with E-state index in [1.54, 1.807) is 12.2 Å². The summed E-state index contributed by atoms with van der Waals surface area (Å²) in [5, 5.41) is 6.22. The summed E-state index contributed by atoms with van der Waals surface area (Å²) in [5.74, 6) is -0.157. The third-order valence-corrected chi connectivity index (χ3v) is 3.77. The van der Waals surface area contributed by atoms with E-state index in [1.165, 1.54) is 5.56 Å². The first-order valence-corrected chi connectivity index (χ1v) is 7.37. The van der Waals surface area contributed by atoms with Crippen molar-refractivity contribution in [2.24, 2.45) is 0 Å². The Morgan fingerprint density at radius 3 is 2.82 bits per heavy atom. The molecule has 0 fully saturated rings. The van der Waals surface area contributed by atoms with Crippen LogP contribution in [0, 0.1) is 0 Å². The lowest BCUT2D eigenvalue weighted by molar-refractivity contribution is -0.112. The molecule has 4 heteroatoms. The van der Waals surface area contributed by atoms with E-state index in [0.717, 1.165) is 30.0 Å². The lowest BCUT2D eigenvalue weighted by Gasteiger charge is -2.11. The zero-order chi connectivity index (χ0) is 16.1. The largest absolute Gasteiger partial charge is 0.384 e. The number of carbonyl (C=O) groups excluding carboxylic acids is 1. The molecular weight excluding hydrogens is 274 g/mol. The van der Waals surface area contributed by atoms with Crippen LogP contribution in [0.1, 0.15) is 12.5 Å². The fraction of sp³-hybridized carbons (Fsp3) is 0.278. The molecule has 1 heterocycles. The second-order valence-electron chi connectivity index (χ2n) is 5.53. The van der Waals surface area contributed by atoms with Crippen LogP contribution in [0.2, 0.25) is 0 Å². The van der Waals surface area contributed by atoms with Crippen LogP contribution in [-0.4, -0.2) is 31.4 Å². The van der Waals surface area contributed by atoms with Gasteiger partial charge in [0.05, 0.1) is 0 Å². The normalized spacial score (nSPS) is 14.1. The summed E-state index contributed by atoms with van der Waals surface area (Å²) in [5.41, 5.74) is 4.79. The van der Waals surface area contributed by atoms with Crippen molar-refractivity contribution in [3.05, 3.63) is 59.8 Å². The quantitative estimate of drug-likeness (QED) is 0.648. The number of benzene rings is 1. The van der Waals surface area contributed by atoms with Crippen molar-refractivity contribution >= 4 is 17.3 Å². The number of carbonyl (C=O) groups is 1. The van der Waals surface area contributed by atoms with Gasteiger partial charge in [-0.25, -0.2) is 0 Å². The van der Waals surface area contributed by atoms with Crippen molar-refractivity contribution in [1.29, 1.82) is 0 Å². The predicted molar refractivity (Wildman–Crippen MR) is 93.0 cm³/mol. The van der Waals surface area contributed by atoms with E-state index >= 15 is 0 Å². The highest BCUT2D eigenvalue weighted by Crippen LogP contribution is 2.25. The highest BCUT2D eigenvalue weighted by molar-refractivity contribution is 6.06. The van der Waals surface area contributed by atoms with Gasteiger partial charge in [0.2, 0.25) is 0 Å². The van der Waals surface area contributed by atoms with E-state index in [2.05, 4.69) is 23.3 Å². The maximum absolute atomic E-state index is 12.3. The molecule has 0 saturated carbocycles. The van der Waals surface area contributed by atoms with Gasteiger partial charge in [-0.05, 0) is 43.2 Å². The van der Waals surface area contributed by atoms with E-state index in [9.17, 15) is 4.79 Å². The number of nitrogens with one attached hydrogen (secondary N) is 2. The zero-order valence-electron chi connectivity index (χ0n) is 13.4. The van der Waals surface area contributed by atoms with Gasteiger partial charge in [-0.1, -0.05) is 18.7 Å². The molecule has 0 saturated heterocycles. The number of hydrogen-bond donors (Lipinski definition) is 2. The lowest BCUT2D eigenvalue weighted by Crippen LogP contribution is -2.13. The standard InChI is InChI=1S/C18H23N3O/c1-5-14(7-6-13(2)21(3)4)18(22)20-16-9-8-15-10-11-19-17(15)12-16/h5-9,12,19H,1,10-11H2,2-4H3,(H,20,22)/b13-6+,14-7+.